The van der Waals surface area contributed by atoms with Crippen LogP contribution in [0.2, 0.25) is 0 Å². The van der Waals surface area contributed by atoms with Crippen molar-refractivity contribution < 1.29 is 9.47 Å². The minimum Gasteiger partial charge on any atom is -0.381 e. The van der Waals surface area contributed by atoms with Crippen LogP contribution in [0.4, 0.5) is 0 Å². The van der Waals surface area contributed by atoms with Gasteiger partial charge < -0.3 is 15.2 Å². The minimum absolute atomic E-state index is 0.266. The maximum atomic E-state index is 5.95. The van der Waals surface area contributed by atoms with Crippen LogP contribution >= 0.6 is 0 Å². The van der Waals surface area contributed by atoms with Crippen LogP contribution in [0.1, 0.15) is 25.7 Å². The van der Waals surface area contributed by atoms with Gasteiger partial charge in [-0.1, -0.05) is 0 Å². The summed E-state index contributed by atoms with van der Waals surface area (Å²) in [6.07, 6.45) is 4.75. The highest BCUT2D eigenvalue weighted by Crippen LogP contribution is 2.40. The van der Waals surface area contributed by atoms with Gasteiger partial charge in [0.05, 0.1) is 6.61 Å². The van der Waals surface area contributed by atoms with Crippen molar-refractivity contribution in [1.29, 1.82) is 0 Å². The SMILES string of the molecule is NCC1(C2CCOCC2)CCCOC1. The molecule has 0 aromatic carbocycles. The Labute approximate surface area is 85.9 Å². The Bertz CT molecular complexity index is 172. The molecule has 2 aliphatic rings. The summed E-state index contributed by atoms with van der Waals surface area (Å²) in [5, 5.41) is 0. The molecule has 0 aromatic heterocycles. The summed E-state index contributed by atoms with van der Waals surface area (Å²) < 4.78 is 11.0. The monoisotopic (exact) mass is 199 g/mol. The molecule has 1 atom stereocenters. The average molecular weight is 199 g/mol. The van der Waals surface area contributed by atoms with Gasteiger partial charge in [-0.05, 0) is 31.6 Å². The molecule has 0 aromatic rings. The molecule has 0 saturated carbocycles. The molecule has 2 rings (SSSR count). The van der Waals surface area contributed by atoms with E-state index >= 15 is 0 Å². The zero-order valence-electron chi connectivity index (χ0n) is 8.84. The van der Waals surface area contributed by atoms with Gasteiger partial charge in [-0.2, -0.15) is 0 Å². The normalized spacial score (nSPS) is 35.8. The second kappa shape index (κ2) is 4.60. The van der Waals surface area contributed by atoms with E-state index in [4.69, 9.17) is 15.2 Å². The largest absolute Gasteiger partial charge is 0.381 e. The second-order valence-electron chi connectivity index (χ2n) is 4.61. The minimum atomic E-state index is 0.266. The summed E-state index contributed by atoms with van der Waals surface area (Å²) in [5.74, 6) is 0.724. The van der Waals surface area contributed by atoms with Crippen LogP contribution in [-0.4, -0.2) is 33.0 Å². The molecule has 3 heteroatoms. The Morgan fingerprint density at radius 2 is 1.93 bits per heavy atom. The first kappa shape index (κ1) is 10.4. The van der Waals surface area contributed by atoms with E-state index in [1.54, 1.807) is 0 Å². The summed E-state index contributed by atoms with van der Waals surface area (Å²) >= 11 is 0. The van der Waals surface area contributed by atoms with E-state index in [-0.39, 0.29) is 5.41 Å². The Kier molecular flexibility index (Phi) is 3.42. The highest BCUT2D eigenvalue weighted by Gasteiger charge is 2.39. The van der Waals surface area contributed by atoms with E-state index in [0.29, 0.717) is 0 Å². The fourth-order valence-corrected chi connectivity index (χ4v) is 2.83. The van der Waals surface area contributed by atoms with Crippen molar-refractivity contribution in [3.05, 3.63) is 0 Å². The number of ether oxygens (including phenoxy) is 2. The van der Waals surface area contributed by atoms with Gasteiger partial charge in [0.1, 0.15) is 0 Å². The molecule has 82 valence electrons. The fraction of sp³-hybridized carbons (Fsp3) is 1.00. The first-order chi connectivity index (χ1) is 6.87. The van der Waals surface area contributed by atoms with Crippen molar-refractivity contribution in [2.45, 2.75) is 25.7 Å². The molecule has 2 heterocycles. The van der Waals surface area contributed by atoms with Crippen molar-refractivity contribution in [1.82, 2.24) is 0 Å². The van der Waals surface area contributed by atoms with E-state index in [2.05, 4.69) is 0 Å². The first-order valence-electron chi connectivity index (χ1n) is 5.73. The number of nitrogens with two attached hydrogens (primary N) is 1. The first-order valence-corrected chi connectivity index (χ1v) is 5.73. The lowest BCUT2D eigenvalue weighted by molar-refractivity contribution is -0.0688. The van der Waals surface area contributed by atoms with Gasteiger partial charge >= 0.3 is 0 Å². The van der Waals surface area contributed by atoms with Crippen LogP contribution in [0, 0.1) is 11.3 Å². The smallest absolute Gasteiger partial charge is 0.0537 e. The van der Waals surface area contributed by atoms with Gasteiger partial charge in [0.15, 0.2) is 0 Å². The zero-order valence-corrected chi connectivity index (χ0v) is 8.84. The molecule has 2 N–H and O–H groups in total. The predicted octanol–water partition coefficient (Wildman–Crippen LogP) is 1.17. The lowest BCUT2D eigenvalue weighted by atomic mass is 9.68. The van der Waals surface area contributed by atoms with Crippen molar-refractivity contribution in [3.63, 3.8) is 0 Å². The van der Waals surface area contributed by atoms with Crippen LogP contribution < -0.4 is 5.73 Å². The van der Waals surface area contributed by atoms with Gasteiger partial charge in [-0.25, -0.2) is 0 Å². The van der Waals surface area contributed by atoms with E-state index in [1.807, 2.05) is 0 Å². The molecular weight excluding hydrogens is 178 g/mol. The highest BCUT2D eigenvalue weighted by molar-refractivity contribution is 4.90. The molecule has 3 nitrogen and oxygen atoms in total. The van der Waals surface area contributed by atoms with Gasteiger partial charge in [0, 0.05) is 31.8 Å². The molecule has 0 aliphatic carbocycles. The van der Waals surface area contributed by atoms with Gasteiger partial charge in [-0.15, -0.1) is 0 Å². The third-order valence-corrected chi connectivity index (χ3v) is 3.85. The van der Waals surface area contributed by atoms with Crippen molar-refractivity contribution >= 4 is 0 Å². The number of hydrogen-bond donors (Lipinski definition) is 1. The number of hydrogen-bond acceptors (Lipinski definition) is 3. The zero-order chi connectivity index (χ0) is 9.86. The van der Waals surface area contributed by atoms with E-state index < -0.39 is 0 Å². The molecule has 2 aliphatic heterocycles. The summed E-state index contributed by atoms with van der Waals surface area (Å²) in [7, 11) is 0. The van der Waals surface area contributed by atoms with Crippen LogP contribution in [0.15, 0.2) is 0 Å². The lowest BCUT2D eigenvalue weighted by Gasteiger charge is -2.44. The van der Waals surface area contributed by atoms with Crippen molar-refractivity contribution in [2.24, 2.45) is 17.1 Å². The topological polar surface area (TPSA) is 44.5 Å². The molecule has 2 saturated heterocycles. The van der Waals surface area contributed by atoms with Gasteiger partial charge in [0.2, 0.25) is 0 Å². The molecule has 0 radical (unpaired) electrons. The summed E-state index contributed by atoms with van der Waals surface area (Å²) in [4.78, 5) is 0. The number of rotatable bonds is 2. The molecule has 0 bridgehead atoms. The molecule has 0 amide bonds. The van der Waals surface area contributed by atoms with E-state index in [0.717, 1.165) is 38.9 Å². The Morgan fingerprint density at radius 3 is 2.50 bits per heavy atom. The van der Waals surface area contributed by atoms with Crippen molar-refractivity contribution in [2.75, 3.05) is 33.0 Å². The molecule has 1 unspecified atom stereocenters. The summed E-state index contributed by atoms with van der Waals surface area (Å²) in [6.45, 7) is 4.38. The standard InChI is InChI=1S/C11H21NO2/c12-8-11(4-1-5-14-9-11)10-2-6-13-7-3-10/h10H,1-9,12H2. The maximum Gasteiger partial charge on any atom is 0.0537 e. The molecule has 0 spiro atoms. The van der Waals surface area contributed by atoms with E-state index in [1.165, 1.54) is 25.7 Å². The van der Waals surface area contributed by atoms with Gasteiger partial charge in [0.25, 0.3) is 0 Å². The maximum absolute atomic E-state index is 5.95. The Morgan fingerprint density at radius 1 is 1.14 bits per heavy atom. The molecule has 14 heavy (non-hydrogen) atoms. The van der Waals surface area contributed by atoms with Crippen molar-refractivity contribution in [3.8, 4) is 0 Å². The Balaban J connectivity index is 2.01. The summed E-state index contributed by atoms with van der Waals surface area (Å²) in [6, 6.07) is 0. The van der Waals surface area contributed by atoms with Crippen LogP contribution in [0.3, 0.4) is 0 Å². The Hall–Kier alpha value is -0.120. The van der Waals surface area contributed by atoms with E-state index in [9.17, 15) is 0 Å². The second-order valence-corrected chi connectivity index (χ2v) is 4.61. The van der Waals surface area contributed by atoms with Crippen LogP contribution in [0.25, 0.3) is 0 Å². The molecular formula is C11H21NO2. The predicted molar refractivity (Wildman–Crippen MR) is 55.1 cm³/mol. The van der Waals surface area contributed by atoms with Crippen LogP contribution in [-0.2, 0) is 9.47 Å². The third kappa shape index (κ3) is 1.95. The lowest BCUT2D eigenvalue weighted by Crippen LogP contribution is -2.46. The third-order valence-electron chi connectivity index (χ3n) is 3.85. The van der Waals surface area contributed by atoms with Crippen LogP contribution in [0.5, 0.6) is 0 Å². The fourth-order valence-electron chi connectivity index (χ4n) is 2.83. The quantitative estimate of drug-likeness (QED) is 0.726. The summed E-state index contributed by atoms with van der Waals surface area (Å²) in [5.41, 5.74) is 6.21. The molecule has 2 fully saturated rings. The highest BCUT2D eigenvalue weighted by atomic mass is 16.5. The average Bonchev–Trinajstić information content (AvgIpc) is 2.31. The van der Waals surface area contributed by atoms with Gasteiger partial charge in [-0.3, -0.25) is 0 Å².